The van der Waals surface area contributed by atoms with Crippen molar-refractivity contribution in [3.05, 3.63) is 24.0 Å². The molecule has 0 spiro atoms. The monoisotopic (exact) mass is 193 g/mol. The fourth-order valence-electron chi connectivity index (χ4n) is 0.995. The number of hydrogen-bond acceptors (Lipinski definition) is 4. The van der Waals surface area contributed by atoms with E-state index in [-0.39, 0.29) is 0 Å². The number of nitrogen functional groups attached to an aromatic ring is 1. The highest BCUT2D eigenvalue weighted by Crippen LogP contribution is 2.19. The summed E-state index contributed by atoms with van der Waals surface area (Å²) in [5.41, 5.74) is 6.49. The highest BCUT2D eigenvalue weighted by atomic mass is 16.5. The Labute approximate surface area is 83.8 Å². The average molecular weight is 193 g/mol. The highest BCUT2D eigenvalue weighted by molar-refractivity contribution is 5.44. The van der Waals surface area contributed by atoms with Crippen LogP contribution in [0.4, 0.5) is 5.82 Å². The molecule has 4 heteroatoms. The van der Waals surface area contributed by atoms with Gasteiger partial charge in [-0.2, -0.15) is 4.98 Å². The van der Waals surface area contributed by atoms with Crippen LogP contribution in [0.25, 0.3) is 0 Å². The van der Waals surface area contributed by atoms with Crippen molar-refractivity contribution >= 4 is 5.82 Å². The summed E-state index contributed by atoms with van der Waals surface area (Å²) in [5, 5.41) is 0. The third-order valence-corrected chi connectivity index (χ3v) is 1.84. The van der Waals surface area contributed by atoms with E-state index in [0.717, 1.165) is 12.0 Å². The molecule has 14 heavy (non-hydrogen) atoms. The number of aryl methyl sites for hydroxylation is 1. The van der Waals surface area contributed by atoms with E-state index in [1.54, 1.807) is 6.08 Å². The molecular weight excluding hydrogens is 178 g/mol. The maximum Gasteiger partial charge on any atom is 0.222 e. The Bertz CT molecular complexity index is 336. The van der Waals surface area contributed by atoms with Crippen molar-refractivity contribution in [2.75, 3.05) is 12.3 Å². The zero-order valence-corrected chi connectivity index (χ0v) is 8.58. The van der Waals surface area contributed by atoms with Crippen molar-refractivity contribution in [3.8, 4) is 5.88 Å². The van der Waals surface area contributed by atoms with Crippen molar-refractivity contribution in [1.29, 1.82) is 0 Å². The van der Waals surface area contributed by atoms with Gasteiger partial charge in [0.1, 0.15) is 18.2 Å². The molecule has 1 aromatic heterocycles. The summed E-state index contributed by atoms with van der Waals surface area (Å²) in [6.45, 7) is 7.82. The lowest BCUT2D eigenvalue weighted by Crippen LogP contribution is -2.06. The Morgan fingerprint density at radius 1 is 1.50 bits per heavy atom. The molecule has 0 aliphatic rings. The summed E-state index contributed by atoms with van der Waals surface area (Å²) in [4.78, 5) is 8.35. The first-order chi connectivity index (χ1) is 6.69. The van der Waals surface area contributed by atoms with Gasteiger partial charge < -0.3 is 10.5 Å². The number of aromatic nitrogens is 2. The molecule has 0 aliphatic heterocycles. The van der Waals surface area contributed by atoms with Crippen LogP contribution in [0.15, 0.2) is 12.7 Å². The maximum atomic E-state index is 5.71. The van der Waals surface area contributed by atoms with E-state index in [2.05, 4.69) is 16.5 Å². The van der Waals surface area contributed by atoms with Crippen molar-refractivity contribution < 1.29 is 4.74 Å². The topological polar surface area (TPSA) is 61.0 Å². The molecule has 0 atom stereocenters. The van der Waals surface area contributed by atoms with Crippen LogP contribution in [-0.2, 0) is 6.42 Å². The van der Waals surface area contributed by atoms with Crippen molar-refractivity contribution in [3.63, 3.8) is 0 Å². The standard InChI is InChI=1S/C10H15N3O/c1-4-6-14-10-7(3)9(11)12-8(5-2)13-10/h4H,1,5-6H2,2-3H3,(H2,11,12,13). The van der Waals surface area contributed by atoms with Crippen LogP contribution in [-0.4, -0.2) is 16.6 Å². The summed E-state index contributed by atoms with van der Waals surface area (Å²) in [6.07, 6.45) is 2.41. The van der Waals surface area contributed by atoms with Crippen LogP contribution < -0.4 is 10.5 Å². The zero-order chi connectivity index (χ0) is 10.6. The Hall–Kier alpha value is -1.58. The lowest BCUT2D eigenvalue weighted by Gasteiger charge is -2.08. The zero-order valence-electron chi connectivity index (χ0n) is 8.58. The molecule has 0 fully saturated rings. The summed E-state index contributed by atoms with van der Waals surface area (Å²) in [7, 11) is 0. The van der Waals surface area contributed by atoms with Gasteiger partial charge in [-0.25, -0.2) is 4.98 Å². The smallest absolute Gasteiger partial charge is 0.222 e. The quantitative estimate of drug-likeness (QED) is 0.736. The predicted molar refractivity (Wildman–Crippen MR) is 56.3 cm³/mol. The first-order valence-electron chi connectivity index (χ1n) is 4.55. The molecule has 4 nitrogen and oxygen atoms in total. The van der Waals surface area contributed by atoms with Crippen LogP contribution in [0.5, 0.6) is 5.88 Å². The third kappa shape index (κ3) is 2.22. The second kappa shape index (κ2) is 4.60. The van der Waals surface area contributed by atoms with E-state index in [0.29, 0.717) is 24.1 Å². The van der Waals surface area contributed by atoms with Gasteiger partial charge in [0.05, 0.1) is 5.56 Å². The molecule has 1 aromatic rings. The van der Waals surface area contributed by atoms with Crippen LogP contribution in [0, 0.1) is 6.92 Å². The molecule has 1 rings (SSSR count). The van der Waals surface area contributed by atoms with Gasteiger partial charge >= 0.3 is 0 Å². The summed E-state index contributed by atoms with van der Waals surface area (Å²) in [5.74, 6) is 1.73. The van der Waals surface area contributed by atoms with Crippen molar-refractivity contribution in [2.24, 2.45) is 0 Å². The molecule has 0 amide bonds. The van der Waals surface area contributed by atoms with Crippen LogP contribution in [0.2, 0.25) is 0 Å². The van der Waals surface area contributed by atoms with Crippen molar-refractivity contribution in [1.82, 2.24) is 9.97 Å². The van der Waals surface area contributed by atoms with Gasteiger partial charge in [-0.05, 0) is 6.92 Å². The Balaban J connectivity index is 3.00. The van der Waals surface area contributed by atoms with Crippen LogP contribution in [0.3, 0.4) is 0 Å². The normalized spacial score (nSPS) is 9.86. The fraction of sp³-hybridized carbons (Fsp3) is 0.400. The molecular formula is C10H15N3O. The number of anilines is 1. The van der Waals surface area contributed by atoms with Gasteiger partial charge in [-0.3, -0.25) is 0 Å². The number of nitrogens with zero attached hydrogens (tertiary/aromatic N) is 2. The van der Waals surface area contributed by atoms with Gasteiger partial charge in [-0.15, -0.1) is 0 Å². The lowest BCUT2D eigenvalue weighted by atomic mass is 10.3. The van der Waals surface area contributed by atoms with E-state index in [1.165, 1.54) is 0 Å². The van der Waals surface area contributed by atoms with Gasteiger partial charge in [0, 0.05) is 6.42 Å². The molecule has 0 saturated carbocycles. The second-order valence-corrected chi connectivity index (χ2v) is 2.91. The Morgan fingerprint density at radius 3 is 2.79 bits per heavy atom. The number of nitrogens with two attached hydrogens (primary N) is 1. The average Bonchev–Trinajstić information content (AvgIpc) is 2.20. The number of ether oxygens (including phenoxy) is 1. The van der Waals surface area contributed by atoms with E-state index in [4.69, 9.17) is 10.5 Å². The fourth-order valence-corrected chi connectivity index (χ4v) is 0.995. The number of hydrogen-bond donors (Lipinski definition) is 1. The molecule has 0 aliphatic carbocycles. The molecule has 0 aromatic carbocycles. The van der Waals surface area contributed by atoms with Gasteiger partial charge in [0.25, 0.3) is 0 Å². The highest BCUT2D eigenvalue weighted by Gasteiger charge is 2.07. The van der Waals surface area contributed by atoms with Crippen LogP contribution >= 0.6 is 0 Å². The lowest BCUT2D eigenvalue weighted by molar-refractivity contribution is 0.344. The minimum atomic E-state index is 0.431. The summed E-state index contributed by atoms with van der Waals surface area (Å²) in [6, 6.07) is 0. The minimum Gasteiger partial charge on any atom is -0.473 e. The maximum absolute atomic E-state index is 5.71. The SMILES string of the molecule is C=CCOc1nc(CC)nc(N)c1C. The summed E-state index contributed by atoms with van der Waals surface area (Å²) >= 11 is 0. The first-order valence-corrected chi connectivity index (χ1v) is 4.55. The molecule has 0 unspecified atom stereocenters. The predicted octanol–water partition coefficient (Wildman–Crippen LogP) is 1.49. The Kier molecular flexibility index (Phi) is 3.45. The van der Waals surface area contributed by atoms with Gasteiger partial charge in [-0.1, -0.05) is 19.6 Å². The summed E-state index contributed by atoms with van der Waals surface area (Å²) < 4.78 is 5.36. The molecule has 76 valence electrons. The van der Waals surface area contributed by atoms with E-state index in [9.17, 15) is 0 Å². The van der Waals surface area contributed by atoms with Gasteiger partial charge in [0.15, 0.2) is 0 Å². The van der Waals surface area contributed by atoms with E-state index >= 15 is 0 Å². The first kappa shape index (κ1) is 10.5. The van der Waals surface area contributed by atoms with E-state index in [1.807, 2.05) is 13.8 Å². The van der Waals surface area contributed by atoms with E-state index < -0.39 is 0 Å². The molecule has 0 saturated heterocycles. The molecule has 1 heterocycles. The molecule has 0 bridgehead atoms. The van der Waals surface area contributed by atoms with Gasteiger partial charge in [0.2, 0.25) is 5.88 Å². The number of rotatable bonds is 4. The third-order valence-electron chi connectivity index (χ3n) is 1.84. The Morgan fingerprint density at radius 2 is 2.21 bits per heavy atom. The van der Waals surface area contributed by atoms with Crippen molar-refractivity contribution in [2.45, 2.75) is 20.3 Å². The van der Waals surface area contributed by atoms with Crippen LogP contribution in [0.1, 0.15) is 18.3 Å². The minimum absolute atomic E-state index is 0.431. The second-order valence-electron chi connectivity index (χ2n) is 2.91. The largest absolute Gasteiger partial charge is 0.473 e. The molecule has 0 radical (unpaired) electrons. The molecule has 2 N–H and O–H groups in total.